The molecule has 0 bridgehead atoms. The predicted octanol–water partition coefficient (Wildman–Crippen LogP) is 3.21. The van der Waals surface area contributed by atoms with Crippen LogP contribution in [-0.2, 0) is 0 Å². The number of alkyl halides is 2. The van der Waals surface area contributed by atoms with E-state index in [2.05, 4.69) is 15.5 Å². The summed E-state index contributed by atoms with van der Waals surface area (Å²) in [5.41, 5.74) is 0. The zero-order chi connectivity index (χ0) is 12.6. The van der Waals surface area contributed by atoms with E-state index in [4.69, 9.17) is 4.52 Å². The Hall–Kier alpha value is -0.750. The lowest BCUT2D eigenvalue weighted by molar-refractivity contribution is 0.0200. The Labute approximate surface area is 116 Å². The molecular weight excluding hydrogens is 276 g/mol. The molecule has 1 saturated heterocycles. The lowest BCUT2D eigenvalue weighted by Gasteiger charge is -2.17. The highest BCUT2D eigenvalue weighted by atomic mass is 35.5. The number of aromatic nitrogens is 2. The molecule has 1 saturated carbocycles. The molecule has 2 fully saturated rings. The third-order valence-corrected chi connectivity index (χ3v) is 3.84. The van der Waals surface area contributed by atoms with Gasteiger partial charge >= 0.3 is 0 Å². The van der Waals surface area contributed by atoms with Gasteiger partial charge in [-0.15, -0.1) is 12.4 Å². The van der Waals surface area contributed by atoms with Gasteiger partial charge in [0.2, 0.25) is 5.89 Å². The first-order chi connectivity index (χ1) is 8.64. The average Bonchev–Trinajstić information content (AvgIpc) is 2.96. The van der Waals surface area contributed by atoms with Crippen molar-refractivity contribution < 1.29 is 13.3 Å². The van der Waals surface area contributed by atoms with E-state index in [1.54, 1.807) is 0 Å². The third kappa shape index (κ3) is 3.23. The Morgan fingerprint density at radius 3 is 2.58 bits per heavy atom. The molecule has 0 aromatic carbocycles. The first kappa shape index (κ1) is 14.7. The number of nitrogens with zero attached hydrogens (tertiary/aromatic N) is 2. The minimum atomic E-state index is -2.66. The van der Waals surface area contributed by atoms with E-state index in [0.29, 0.717) is 17.6 Å². The van der Waals surface area contributed by atoms with Crippen LogP contribution in [0.15, 0.2) is 4.52 Å². The number of hydrogen-bond donors (Lipinski definition) is 1. The molecule has 108 valence electrons. The van der Waals surface area contributed by atoms with Gasteiger partial charge in [-0.2, -0.15) is 4.98 Å². The molecule has 1 unspecified atom stereocenters. The van der Waals surface area contributed by atoms with Gasteiger partial charge in [-0.3, -0.25) is 5.32 Å². The molecule has 0 spiro atoms. The summed E-state index contributed by atoms with van der Waals surface area (Å²) in [4.78, 5) is 4.31. The lowest BCUT2D eigenvalue weighted by Crippen LogP contribution is -2.19. The molecule has 1 aromatic heterocycles. The van der Waals surface area contributed by atoms with Gasteiger partial charge < -0.3 is 4.52 Å². The van der Waals surface area contributed by atoms with Gasteiger partial charge in [0.15, 0.2) is 5.82 Å². The Morgan fingerprint density at radius 1 is 1.21 bits per heavy atom. The second-order valence-electron chi connectivity index (χ2n) is 5.32. The maximum atomic E-state index is 13.1. The van der Waals surface area contributed by atoms with Crippen molar-refractivity contribution in [1.82, 2.24) is 15.5 Å². The molecule has 1 atom stereocenters. The summed E-state index contributed by atoms with van der Waals surface area (Å²) < 4.78 is 31.3. The molecule has 1 N–H and O–H groups in total. The largest absolute Gasteiger partial charge is 0.338 e. The van der Waals surface area contributed by atoms with Gasteiger partial charge in [0, 0.05) is 12.3 Å². The summed E-state index contributed by atoms with van der Waals surface area (Å²) in [6.45, 7) is -0.307. The first-order valence-electron chi connectivity index (χ1n) is 6.59. The summed E-state index contributed by atoms with van der Waals surface area (Å²) in [6.07, 6.45) is 5.54. The van der Waals surface area contributed by atoms with Crippen molar-refractivity contribution >= 4 is 12.4 Å². The Balaban J connectivity index is 0.00000133. The molecule has 19 heavy (non-hydrogen) atoms. The molecule has 3 rings (SSSR count). The SMILES string of the molecule is Cl.FC1(F)CNC(c2nc(C3CCCCC3)no2)C1. The summed E-state index contributed by atoms with van der Waals surface area (Å²) >= 11 is 0. The third-order valence-electron chi connectivity index (χ3n) is 3.84. The number of halogens is 3. The van der Waals surface area contributed by atoms with Crippen LogP contribution in [-0.4, -0.2) is 22.6 Å². The van der Waals surface area contributed by atoms with Crippen molar-refractivity contribution in [2.75, 3.05) is 6.54 Å². The smallest absolute Gasteiger partial charge is 0.262 e. The van der Waals surface area contributed by atoms with E-state index in [1.165, 1.54) is 19.3 Å². The van der Waals surface area contributed by atoms with E-state index in [1.807, 2.05) is 0 Å². The highest BCUT2D eigenvalue weighted by molar-refractivity contribution is 5.85. The zero-order valence-electron chi connectivity index (χ0n) is 10.6. The summed E-state index contributed by atoms with van der Waals surface area (Å²) in [6, 6.07) is -0.496. The standard InChI is InChI=1S/C12H17F2N3O.ClH/c13-12(14)6-9(15-7-12)11-16-10(17-18-11)8-4-2-1-3-5-8;/h8-9,15H,1-7H2;1H. The van der Waals surface area contributed by atoms with Crippen LogP contribution in [0.25, 0.3) is 0 Å². The minimum Gasteiger partial charge on any atom is -0.338 e. The van der Waals surface area contributed by atoms with Gasteiger partial charge in [0.1, 0.15) is 0 Å². The fourth-order valence-electron chi connectivity index (χ4n) is 2.81. The molecule has 1 aliphatic carbocycles. The summed E-state index contributed by atoms with van der Waals surface area (Å²) in [5.74, 6) is -1.31. The van der Waals surface area contributed by atoms with E-state index in [-0.39, 0.29) is 25.4 Å². The van der Waals surface area contributed by atoms with E-state index in [0.717, 1.165) is 12.8 Å². The predicted molar refractivity (Wildman–Crippen MR) is 67.7 cm³/mol. The number of hydrogen-bond acceptors (Lipinski definition) is 4. The van der Waals surface area contributed by atoms with Gasteiger partial charge in [-0.05, 0) is 12.8 Å². The highest BCUT2D eigenvalue weighted by Crippen LogP contribution is 2.35. The van der Waals surface area contributed by atoms with E-state index >= 15 is 0 Å². The van der Waals surface area contributed by atoms with Crippen LogP contribution >= 0.6 is 12.4 Å². The fraction of sp³-hybridized carbons (Fsp3) is 0.833. The van der Waals surface area contributed by atoms with Crippen molar-refractivity contribution in [1.29, 1.82) is 0 Å². The number of nitrogens with one attached hydrogen (secondary N) is 1. The Morgan fingerprint density at radius 2 is 1.95 bits per heavy atom. The molecule has 7 heteroatoms. The van der Waals surface area contributed by atoms with Crippen molar-refractivity contribution in [3.05, 3.63) is 11.7 Å². The monoisotopic (exact) mass is 293 g/mol. The van der Waals surface area contributed by atoms with Crippen LogP contribution in [0, 0.1) is 0 Å². The van der Waals surface area contributed by atoms with Crippen LogP contribution in [0.5, 0.6) is 0 Å². The zero-order valence-corrected chi connectivity index (χ0v) is 11.4. The van der Waals surface area contributed by atoms with E-state index in [9.17, 15) is 8.78 Å². The molecule has 0 radical (unpaired) electrons. The quantitative estimate of drug-likeness (QED) is 0.910. The maximum absolute atomic E-state index is 13.1. The molecule has 2 heterocycles. The summed E-state index contributed by atoms with van der Waals surface area (Å²) in [7, 11) is 0. The van der Waals surface area contributed by atoms with Crippen LogP contribution in [0.3, 0.4) is 0 Å². The van der Waals surface area contributed by atoms with Crippen LogP contribution in [0.1, 0.15) is 62.2 Å². The Kier molecular flexibility index (Phi) is 4.40. The second-order valence-corrected chi connectivity index (χ2v) is 5.32. The van der Waals surface area contributed by atoms with Crippen molar-refractivity contribution in [3.8, 4) is 0 Å². The molecule has 1 aromatic rings. The lowest BCUT2D eigenvalue weighted by atomic mass is 9.89. The highest BCUT2D eigenvalue weighted by Gasteiger charge is 2.42. The van der Waals surface area contributed by atoms with Gasteiger partial charge in [0.25, 0.3) is 5.92 Å². The van der Waals surface area contributed by atoms with Gasteiger partial charge in [-0.25, -0.2) is 8.78 Å². The van der Waals surface area contributed by atoms with Crippen LogP contribution in [0.4, 0.5) is 8.78 Å². The second kappa shape index (κ2) is 5.71. The molecular formula is C12H18ClF2N3O. The average molecular weight is 294 g/mol. The molecule has 4 nitrogen and oxygen atoms in total. The van der Waals surface area contributed by atoms with Gasteiger partial charge in [0.05, 0.1) is 12.6 Å². The van der Waals surface area contributed by atoms with Crippen molar-refractivity contribution in [3.63, 3.8) is 0 Å². The molecule has 0 amide bonds. The summed E-state index contributed by atoms with van der Waals surface area (Å²) in [5, 5.41) is 6.69. The number of rotatable bonds is 2. The van der Waals surface area contributed by atoms with Crippen LogP contribution < -0.4 is 5.32 Å². The van der Waals surface area contributed by atoms with Gasteiger partial charge in [-0.1, -0.05) is 24.4 Å². The molecule has 1 aliphatic heterocycles. The van der Waals surface area contributed by atoms with Crippen molar-refractivity contribution in [2.24, 2.45) is 0 Å². The minimum absolute atomic E-state index is 0. The Bertz CT molecular complexity index is 421. The fourth-order valence-corrected chi connectivity index (χ4v) is 2.81. The van der Waals surface area contributed by atoms with Crippen molar-refractivity contribution in [2.45, 2.75) is 56.4 Å². The molecule has 2 aliphatic rings. The topological polar surface area (TPSA) is 51.0 Å². The first-order valence-corrected chi connectivity index (χ1v) is 6.59. The van der Waals surface area contributed by atoms with E-state index < -0.39 is 12.0 Å². The maximum Gasteiger partial charge on any atom is 0.262 e. The normalized spacial score (nSPS) is 27.2. The van der Waals surface area contributed by atoms with Crippen LogP contribution in [0.2, 0.25) is 0 Å².